The Kier molecular flexibility index (Phi) is 2.71. The fourth-order valence-corrected chi connectivity index (χ4v) is 2.16. The van der Waals surface area contributed by atoms with E-state index < -0.39 is 0 Å². The van der Waals surface area contributed by atoms with E-state index in [-0.39, 0.29) is 5.88 Å². The van der Waals surface area contributed by atoms with Gasteiger partial charge in [0.15, 0.2) is 0 Å². The number of rotatable bonds is 1. The minimum absolute atomic E-state index is 0.0764. The molecule has 0 amide bonds. The van der Waals surface area contributed by atoms with Gasteiger partial charge in [0.25, 0.3) is 0 Å². The van der Waals surface area contributed by atoms with E-state index in [1.807, 2.05) is 13.0 Å². The number of carbonyl (C=O) groups is 1. The summed E-state index contributed by atoms with van der Waals surface area (Å²) in [6, 6.07) is 3.49. The van der Waals surface area contributed by atoms with Crippen molar-refractivity contribution in [3.8, 4) is 5.88 Å². The van der Waals surface area contributed by atoms with Crippen molar-refractivity contribution in [2.24, 2.45) is 0 Å². The number of Topliss-reactive ketones (excluding diaryl/α,β-unsaturated/α-hetero) is 1. The lowest BCUT2D eigenvalue weighted by Gasteiger charge is -2.21. The van der Waals surface area contributed by atoms with Gasteiger partial charge in [-0.3, -0.25) is 4.79 Å². The lowest BCUT2D eigenvalue weighted by molar-refractivity contribution is -0.120. The molecule has 0 aliphatic heterocycles. The monoisotopic (exact) mass is 205 g/mol. The Balaban J connectivity index is 2.21. The molecule has 3 nitrogen and oxygen atoms in total. The van der Waals surface area contributed by atoms with Crippen molar-refractivity contribution in [3.63, 3.8) is 0 Å². The highest BCUT2D eigenvalue weighted by Crippen LogP contribution is 2.32. The van der Waals surface area contributed by atoms with Gasteiger partial charge in [0.05, 0.1) is 5.69 Å². The van der Waals surface area contributed by atoms with Crippen molar-refractivity contribution in [3.05, 3.63) is 23.4 Å². The summed E-state index contributed by atoms with van der Waals surface area (Å²) in [5.74, 6) is 0.770. The fraction of sp³-hybridized carbons (Fsp3) is 0.500. The molecule has 1 aromatic heterocycles. The molecular formula is C12H15NO2. The first-order valence-corrected chi connectivity index (χ1v) is 5.35. The van der Waals surface area contributed by atoms with Crippen LogP contribution in [0.2, 0.25) is 0 Å². The standard InChI is InChI=1S/C12H15NO2/c1-8-2-7-11(15)13-12(8)9-3-5-10(14)6-4-9/h2,7,9H,3-6H2,1H3,(H,13,15). The maximum atomic E-state index is 11.1. The van der Waals surface area contributed by atoms with Crippen molar-refractivity contribution in [1.29, 1.82) is 0 Å². The molecule has 1 saturated carbocycles. The first-order valence-electron chi connectivity index (χ1n) is 5.35. The van der Waals surface area contributed by atoms with Crippen LogP contribution in [0, 0.1) is 6.92 Å². The van der Waals surface area contributed by atoms with Crippen LogP contribution in [0.1, 0.15) is 42.9 Å². The quantitative estimate of drug-likeness (QED) is 0.765. The first kappa shape index (κ1) is 10.1. The molecule has 1 aliphatic carbocycles. The van der Waals surface area contributed by atoms with Gasteiger partial charge in [0, 0.05) is 24.8 Å². The molecule has 80 valence electrons. The van der Waals surface area contributed by atoms with Gasteiger partial charge in [-0.15, -0.1) is 0 Å². The van der Waals surface area contributed by atoms with E-state index in [0.717, 1.165) is 24.1 Å². The summed E-state index contributed by atoms with van der Waals surface area (Å²) in [4.78, 5) is 15.3. The normalized spacial score (nSPS) is 18.1. The second kappa shape index (κ2) is 4.01. The van der Waals surface area contributed by atoms with E-state index in [0.29, 0.717) is 24.5 Å². The van der Waals surface area contributed by atoms with Crippen molar-refractivity contribution in [2.75, 3.05) is 0 Å². The zero-order chi connectivity index (χ0) is 10.8. The SMILES string of the molecule is Cc1ccc(O)nc1C1CCC(=O)CC1. The maximum Gasteiger partial charge on any atom is 0.210 e. The predicted molar refractivity (Wildman–Crippen MR) is 56.9 cm³/mol. The highest BCUT2D eigenvalue weighted by atomic mass is 16.3. The smallest absolute Gasteiger partial charge is 0.210 e. The molecule has 15 heavy (non-hydrogen) atoms. The predicted octanol–water partition coefficient (Wildman–Crippen LogP) is 2.32. The fourth-order valence-electron chi connectivity index (χ4n) is 2.16. The molecule has 0 atom stereocenters. The highest BCUT2D eigenvalue weighted by molar-refractivity contribution is 5.79. The van der Waals surface area contributed by atoms with Crippen LogP contribution in [0.25, 0.3) is 0 Å². The van der Waals surface area contributed by atoms with Gasteiger partial charge in [-0.1, -0.05) is 6.07 Å². The number of hydrogen-bond donors (Lipinski definition) is 1. The molecular weight excluding hydrogens is 190 g/mol. The summed E-state index contributed by atoms with van der Waals surface area (Å²) < 4.78 is 0. The topological polar surface area (TPSA) is 50.2 Å². The van der Waals surface area contributed by atoms with Crippen LogP contribution in [0.5, 0.6) is 5.88 Å². The van der Waals surface area contributed by atoms with Crippen molar-refractivity contribution >= 4 is 5.78 Å². The highest BCUT2D eigenvalue weighted by Gasteiger charge is 2.22. The molecule has 1 fully saturated rings. The van der Waals surface area contributed by atoms with Crippen LogP contribution in [0.4, 0.5) is 0 Å². The van der Waals surface area contributed by atoms with Crippen molar-refractivity contribution in [2.45, 2.75) is 38.5 Å². The number of nitrogens with zero attached hydrogens (tertiary/aromatic N) is 1. The van der Waals surface area contributed by atoms with E-state index in [9.17, 15) is 9.90 Å². The zero-order valence-electron chi connectivity index (χ0n) is 8.86. The molecule has 2 rings (SSSR count). The van der Waals surface area contributed by atoms with Gasteiger partial charge < -0.3 is 5.11 Å². The molecule has 0 saturated heterocycles. The lowest BCUT2D eigenvalue weighted by atomic mass is 9.84. The van der Waals surface area contributed by atoms with Gasteiger partial charge in [-0.25, -0.2) is 4.98 Å². The Labute approximate surface area is 89.2 Å². The van der Waals surface area contributed by atoms with Crippen molar-refractivity contribution < 1.29 is 9.90 Å². The summed E-state index contributed by atoms with van der Waals surface area (Å²) in [5.41, 5.74) is 2.06. The van der Waals surface area contributed by atoms with Gasteiger partial charge in [-0.05, 0) is 25.3 Å². The summed E-state index contributed by atoms with van der Waals surface area (Å²) in [6.07, 6.45) is 3.05. The number of pyridine rings is 1. The third-order valence-electron chi connectivity index (χ3n) is 3.05. The van der Waals surface area contributed by atoms with Gasteiger partial charge in [0.2, 0.25) is 5.88 Å². The molecule has 3 heteroatoms. The molecule has 0 bridgehead atoms. The minimum atomic E-state index is 0.0764. The Morgan fingerprint density at radius 3 is 2.67 bits per heavy atom. The molecule has 0 radical (unpaired) electrons. The van der Waals surface area contributed by atoms with Gasteiger partial charge >= 0.3 is 0 Å². The molecule has 0 spiro atoms. The second-order valence-corrected chi connectivity index (χ2v) is 4.18. The van der Waals surface area contributed by atoms with E-state index in [1.165, 1.54) is 0 Å². The number of aromatic nitrogens is 1. The molecule has 1 aromatic rings. The van der Waals surface area contributed by atoms with Gasteiger partial charge in [-0.2, -0.15) is 0 Å². The summed E-state index contributed by atoms with van der Waals surface area (Å²) in [7, 11) is 0. The Hall–Kier alpha value is -1.38. The van der Waals surface area contributed by atoms with E-state index in [1.54, 1.807) is 6.07 Å². The third-order valence-corrected chi connectivity index (χ3v) is 3.05. The number of hydrogen-bond acceptors (Lipinski definition) is 3. The van der Waals surface area contributed by atoms with Crippen LogP contribution in [-0.2, 0) is 4.79 Å². The Morgan fingerprint density at radius 1 is 1.33 bits per heavy atom. The molecule has 1 N–H and O–H groups in total. The lowest BCUT2D eigenvalue weighted by Crippen LogP contribution is -2.14. The Morgan fingerprint density at radius 2 is 2.00 bits per heavy atom. The Bertz CT molecular complexity index is 377. The first-order chi connectivity index (χ1) is 7.16. The maximum absolute atomic E-state index is 11.1. The van der Waals surface area contributed by atoms with E-state index in [2.05, 4.69) is 4.98 Å². The van der Waals surface area contributed by atoms with Crippen molar-refractivity contribution in [1.82, 2.24) is 4.98 Å². The minimum Gasteiger partial charge on any atom is -0.493 e. The average Bonchev–Trinajstić information content (AvgIpc) is 2.23. The zero-order valence-corrected chi connectivity index (χ0v) is 8.86. The van der Waals surface area contributed by atoms with E-state index >= 15 is 0 Å². The summed E-state index contributed by atoms with van der Waals surface area (Å²) in [5, 5.41) is 9.34. The van der Waals surface area contributed by atoms with E-state index in [4.69, 9.17) is 0 Å². The number of ketones is 1. The van der Waals surface area contributed by atoms with Crippen LogP contribution in [0.3, 0.4) is 0 Å². The number of carbonyl (C=O) groups excluding carboxylic acids is 1. The molecule has 0 unspecified atom stereocenters. The molecule has 0 aromatic carbocycles. The van der Waals surface area contributed by atoms with Crippen LogP contribution in [-0.4, -0.2) is 15.9 Å². The average molecular weight is 205 g/mol. The third kappa shape index (κ3) is 2.17. The van der Waals surface area contributed by atoms with Crippen LogP contribution in [0.15, 0.2) is 12.1 Å². The summed E-state index contributed by atoms with van der Waals surface area (Å²) in [6.45, 7) is 2.00. The molecule has 1 heterocycles. The summed E-state index contributed by atoms with van der Waals surface area (Å²) >= 11 is 0. The van der Waals surface area contributed by atoms with Crippen LogP contribution < -0.4 is 0 Å². The van der Waals surface area contributed by atoms with Crippen LogP contribution >= 0.6 is 0 Å². The molecule has 1 aliphatic rings. The largest absolute Gasteiger partial charge is 0.493 e. The number of aromatic hydroxyl groups is 1. The second-order valence-electron chi connectivity index (χ2n) is 4.18. The number of aryl methyl sites for hydroxylation is 1. The van der Waals surface area contributed by atoms with Gasteiger partial charge in [0.1, 0.15) is 5.78 Å².